The molecule has 188 valence electrons. The number of fused-ring (bicyclic) bond motifs is 1. The van der Waals surface area contributed by atoms with Gasteiger partial charge in [-0.25, -0.2) is 9.59 Å². The quantitative estimate of drug-likeness (QED) is 0.234. The van der Waals surface area contributed by atoms with Crippen LogP contribution in [-0.4, -0.2) is 41.5 Å². The van der Waals surface area contributed by atoms with Crippen molar-refractivity contribution in [2.24, 2.45) is 0 Å². The highest BCUT2D eigenvalue weighted by Crippen LogP contribution is 2.56. The van der Waals surface area contributed by atoms with Crippen LogP contribution < -0.4 is 4.90 Å². The Hall–Kier alpha value is -2.10. The van der Waals surface area contributed by atoms with Crippen LogP contribution in [0.3, 0.4) is 0 Å². The number of thiocarbonyl (C=S) groups is 1. The zero-order valence-corrected chi connectivity index (χ0v) is 23.4. The van der Waals surface area contributed by atoms with E-state index in [9.17, 15) is 14.4 Å². The van der Waals surface area contributed by atoms with Gasteiger partial charge in [0.25, 0.3) is 0 Å². The lowest BCUT2D eigenvalue weighted by Crippen LogP contribution is -2.55. The smallest absolute Gasteiger partial charge is 0.346 e. The summed E-state index contributed by atoms with van der Waals surface area (Å²) in [4.78, 5) is 41.6. The maximum atomic E-state index is 13.3. The number of thioether (sulfide) groups is 2. The van der Waals surface area contributed by atoms with Gasteiger partial charge in [-0.05, 0) is 53.2 Å². The van der Waals surface area contributed by atoms with E-state index in [0.717, 1.165) is 35.2 Å². The number of unbranched alkanes of at least 4 members (excludes halogenated alkanes) is 1. The van der Waals surface area contributed by atoms with Crippen LogP contribution in [0.5, 0.6) is 0 Å². The van der Waals surface area contributed by atoms with E-state index in [2.05, 4.69) is 6.92 Å². The molecule has 0 fully saturated rings. The molecule has 2 aliphatic heterocycles. The monoisotopic (exact) mass is 533 g/mol. The molecule has 1 aromatic carbocycles. The van der Waals surface area contributed by atoms with Gasteiger partial charge in [-0.2, -0.15) is 0 Å². The molecule has 0 bridgehead atoms. The predicted octanol–water partition coefficient (Wildman–Crippen LogP) is 6.17. The third-order valence-electron chi connectivity index (χ3n) is 5.72. The second-order valence-electron chi connectivity index (χ2n) is 8.71. The van der Waals surface area contributed by atoms with Gasteiger partial charge >= 0.3 is 11.9 Å². The van der Waals surface area contributed by atoms with Crippen molar-refractivity contribution in [3.63, 3.8) is 0 Å². The molecule has 1 amide bonds. The lowest BCUT2D eigenvalue weighted by atomic mass is 9.82. The minimum Gasteiger partial charge on any atom is -0.462 e. The van der Waals surface area contributed by atoms with E-state index in [1.54, 1.807) is 18.7 Å². The van der Waals surface area contributed by atoms with Crippen molar-refractivity contribution in [2.45, 2.75) is 66.3 Å². The number of anilines is 1. The summed E-state index contributed by atoms with van der Waals surface area (Å²) in [6.45, 7) is 11.7. The Bertz CT molecular complexity index is 1100. The van der Waals surface area contributed by atoms with Crippen LogP contribution in [-0.2, 0) is 23.9 Å². The third kappa shape index (κ3) is 5.37. The topological polar surface area (TPSA) is 72.9 Å². The van der Waals surface area contributed by atoms with Gasteiger partial charge in [0.2, 0.25) is 5.91 Å². The third-order valence-corrected chi connectivity index (χ3v) is 8.98. The number of esters is 2. The van der Waals surface area contributed by atoms with Crippen LogP contribution >= 0.6 is 35.7 Å². The fourth-order valence-electron chi connectivity index (χ4n) is 4.03. The molecule has 0 unspecified atom stereocenters. The van der Waals surface area contributed by atoms with Crippen molar-refractivity contribution in [1.29, 1.82) is 0 Å². The molecule has 1 aromatic rings. The van der Waals surface area contributed by atoms with E-state index >= 15 is 0 Å². The van der Waals surface area contributed by atoms with Crippen molar-refractivity contribution in [3.8, 4) is 0 Å². The van der Waals surface area contributed by atoms with Crippen LogP contribution in [0, 0.1) is 6.92 Å². The van der Waals surface area contributed by atoms with Crippen molar-refractivity contribution in [2.75, 3.05) is 18.1 Å². The molecule has 2 heterocycles. The molecular formula is C26H31NO5S3. The standard InChI is InChI=1S/C26H31NO5S3/c1-7-10-11-18(28)27-17-13-12-15(4)14-16(17)19(22(33)26(27,5)6)25-34-20(23(29)31-8-2)21(35-25)24(30)32-9-3/h12-14H,7-11H2,1-6H3. The summed E-state index contributed by atoms with van der Waals surface area (Å²) >= 11 is 8.37. The number of hydrogen-bond acceptors (Lipinski definition) is 8. The van der Waals surface area contributed by atoms with E-state index < -0.39 is 17.5 Å². The van der Waals surface area contributed by atoms with Gasteiger partial charge in [0.05, 0.1) is 33.5 Å². The van der Waals surface area contributed by atoms with Gasteiger partial charge in [-0.1, -0.05) is 60.7 Å². The summed E-state index contributed by atoms with van der Waals surface area (Å²) in [5.41, 5.74) is 2.61. The van der Waals surface area contributed by atoms with Gasteiger partial charge in [-0.3, -0.25) is 4.79 Å². The number of rotatable bonds is 7. The van der Waals surface area contributed by atoms with Gasteiger partial charge in [-0.15, -0.1) is 0 Å². The lowest BCUT2D eigenvalue weighted by molar-refractivity contribution is -0.140. The molecular weight excluding hydrogens is 502 g/mol. The van der Waals surface area contributed by atoms with E-state index in [-0.39, 0.29) is 28.9 Å². The number of hydrogen-bond donors (Lipinski definition) is 0. The van der Waals surface area contributed by atoms with Crippen molar-refractivity contribution in [3.05, 3.63) is 43.4 Å². The first-order valence-electron chi connectivity index (χ1n) is 11.8. The lowest BCUT2D eigenvalue weighted by Gasteiger charge is -2.45. The molecule has 0 radical (unpaired) electrons. The van der Waals surface area contributed by atoms with Crippen LogP contribution in [0.25, 0.3) is 5.57 Å². The van der Waals surface area contributed by atoms with E-state index in [1.807, 2.05) is 39.0 Å². The maximum Gasteiger partial charge on any atom is 0.346 e. The molecule has 2 aliphatic rings. The number of aryl methyl sites for hydroxylation is 1. The number of carbonyl (C=O) groups is 3. The molecule has 0 aliphatic carbocycles. The molecule has 0 saturated carbocycles. The van der Waals surface area contributed by atoms with E-state index in [4.69, 9.17) is 21.7 Å². The normalized spacial score (nSPS) is 17.0. The van der Waals surface area contributed by atoms with Gasteiger partial charge < -0.3 is 14.4 Å². The molecule has 0 atom stereocenters. The molecule has 35 heavy (non-hydrogen) atoms. The Morgan fingerprint density at radius 1 is 1.00 bits per heavy atom. The second-order valence-corrected chi connectivity index (χ2v) is 11.4. The zero-order valence-electron chi connectivity index (χ0n) is 21.0. The molecule has 0 aromatic heterocycles. The number of amides is 1. The van der Waals surface area contributed by atoms with E-state index in [1.165, 1.54) is 23.5 Å². The minimum absolute atomic E-state index is 0.0256. The highest BCUT2D eigenvalue weighted by atomic mass is 32.2. The molecule has 9 heteroatoms. The van der Waals surface area contributed by atoms with Crippen LogP contribution in [0.1, 0.15) is 65.0 Å². The fraction of sp³-hybridized carbons (Fsp3) is 0.462. The molecule has 0 spiro atoms. The van der Waals surface area contributed by atoms with Gasteiger partial charge in [0, 0.05) is 17.6 Å². The molecule has 3 rings (SSSR count). The highest BCUT2D eigenvalue weighted by molar-refractivity contribution is 8.29. The Balaban J connectivity index is 2.19. The van der Waals surface area contributed by atoms with Crippen LogP contribution in [0.2, 0.25) is 0 Å². The average Bonchev–Trinajstić information content (AvgIpc) is 3.24. The minimum atomic E-state index is -0.775. The largest absolute Gasteiger partial charge is 0.462 e. The SMILES string of the molecule is CCCCC(=O)N1c2ccc(C)cc2C(=C2SC(C(=O)OCC)=C(C(=O)OCC)S2)C(=S)C1(C)C. The highest BCUT2D eigenvalue weighted by Gasteiger charge is 2.46. The maximum absolute atomic E-state index is 13.3. The Labute approximate surface area is 220 Å². The first-order chi connectivity index (χ1) is 16.6. The summed E-state index contributed by atoms with van der Waals surface area (Å²) in [7, 11) is 0. The summed E-state index contributed by atoms with van der Waals surface area (Å²) < 4.78 is 11.1. The zero-order chi connectivity index (χ0) is 25.9. The summed E-state index contributed by atoms with van der Waals surface area (Å²) in [6, 6.07) is 5.94. The van der Waals surface area contributed by atoms with Crippen molar-refractivity contribution in [1.82, 2.24) is 0 Å². The Kier molecular flexibility index (Phi) is 8.88. The van der Waals surface area contributed by atoms with Crippen LogP contribution in [0.15, 0.2) is 32.2 Å². The van der Waals surface area contributed by atoms with Crippen LogP contribution in [0.4, 0.5) is 5.69 Å². The van der Waals surface area contributed by atoms with Gasteiger partial charge in [0.1, 0.15) is 9.81 Å². The molecule has 6 nitrogen and oxygen atoms in total. The Morgan fingerprint density at radius 3 is 2.09 bits per heavy atom. The second kappa shape index (κ2) is 11.3. The number of ether oxygens (including phenoxy) is 2. The summed E-state index contributed by atoms with van der Waals surface area (Å²) in [5.74, 6) is -1.10. The summed E-state index contributed by atoms with van der Waals surface area (Å²) in [6.07, 6.45) is 2.16. The molecule has 0 saturated heterocycles. The predicted molar refractivity (Wildman–Crippen MR) is 147 cm³/mol. The number of benzene rings is 1. The summed E-state index contributed by atoms with van der Waals surface area (Å²) in [5, 5.41) is 0. The fourth-order valence-corrected chi connectivity index (χ4v) is 7.01. The number of nitrogens with zero attached hydrogens (tertiary/aromatic N) is 1. The first kappa shape index (κ1) is 27.5. The van der Waals surface area contributed by atoms with Crippen molar-refractivity contribution >= 4 is 69.7 Å². The average molecular weight is 534 g/mol. The van der Waals surface area contributed by atoms with Crippen molar-refractivity contribution < 1.29 is 23.9 Å². The Morgan fingerprint density at radius 2 is 1.57 bits per heavy atom. The first-order valence-corrected chi connectivity index (χ1v) is 13.8. The number of carbonyl (C=O) groups excluding carboxylic acids is 3. The van der Waals surface area contributed by atoms with Gasteiger partial charge in [0.15, 0.2) is 0 Å². The molecule has 0 N–H and O–H groups in total. The van der Waals surface area contributed by atoms with E-state index in [0.29, 0.717) is 15.5 Å².